The molecule has 2 rings (SSSR count). The van der Waals surface area contributed by atoms with Crippen molar-refractivity contribution in [2.45, 2.75) is 24.4 Å². The van der Waals surface area contributed by atoms with Crippen molar-refractivity contribution in [3.05, 3.63) is 11.3 Å². The number of sulfone groups is 1. The van der Waals surface area contributed by atoms with Crippen LogP contribution in [0.25, 0.3) is 0 Å². The fourth-order valence-corrected chi connectivity index (χ4v) is 5.09. The molecule has 1 aromatic heterocycles. The minimum absolute atomic E-state index is 0.0275. The Balaban J connectivity index is 2.64. The summed E-state index contributed by atoms with van der Waals surface area (Å²) in [5.41, 5.74) is 0.0744. The Labute approximate surface area is 115 Å². The number of rotatable bonds is 2. The third kappa shape index (κ3) is 2.61. The Morgan fingerprint density at radius 2 is 2.16 bits per heavy atom. The Morgan fingerprint density at radius 3 is 2.58 bits per heavy atom. The van der Waals surface area contributed by atoms with Crippen LogP contribution in [0.4, 0.5) is 0 Å². The summed E-state index contributed by atoms with van der Waals surface area (Å²) < 4.78 is 47.1. The highest BCUT2D eigenvalue weighted by Crippen LogP contribution is 2.30. The maximum absolute atomic E-state index is 11.6. The minimum Gasteiger partial charge on any atom is -0.247 e. The van der Waals surface area contributed by atoms with Gasteiger partial charge in [-0.05, 0) is 13.3 Å². The lowest BCUT2D eigenvalue weighted by atomic mass is 10.2. The van der Waals surface area contributed by atoms with Crippen molar-refractivity contribution in [1.82, 2.24) is 9.78 Å². The summed E-state index contributed by atoms with van der Waals surface area (Å²) in [5.74, 6) is -0.224. The van der Waals surface area contributed by atoms with E-state index in [1.165, 1.54) is 6.92 Å². The molecule has 1 unspecified atom stereocenters. The smallest absolute Gasteiger partial charge is 0.247 e. The van der Waals surface area contributed by atoms with Crippen molar-refractivity contribution in [2.24, 2.45) is 0 Å². The van der Waals surface area contributed by atoms with E-state index in [0.29, 0.717) is 0 Å². The van der Waals surface area contributed by atoms with Crippen LogP contribution in [0.3, 0.4) is 0 Å². The lowest BCUT2D eigenvalue weighted by Crippen LogP contribution is -2.16. The number of halogens is 1. The van der Waals surface area contributed by atoms with E-state index < -0.39 is 30.0 Å². The van der Waals surface area contributed by atoms with Gasteiger partial charge in [0.1, 0.15) is 11.6 Å². The summed E-state index contributed by atoms with van der Waals surface area (Å²) in [6.45, 7) is 1.48. The first-order valence-corrected chi connectivity index (χ1v) is 9.43. The molecule has 0 radical (unpaired) electrons. The van der Waals surface area contributed by atoms with Crippen LogP contribution in [-0.4, -0.2) is 38.1 Å². The zero-order valence-electron chi connectivity index (χ0n) is 9.87. The summed E-state index contributed by atoms with van der Waals surface area (Å²) in [6, 6.07) is 1.14. The molecule has 0 aliphatic carbocycles. The fourth-order valence-electron chi connectivity index (χ4n) is 2.10. The van der Waals surface area contributed by atoms with Gasteiger partial charge in [-0.15, -0.1) is 0 Å². The van der Waals surface area contributed by atoms with E-state index in [1.807, 2.05) is 0 Å². The second-order valence-corrected chi connectivity index (χ2v) is 9.03. The van der Waals surface area contributed by atoms with Crippen LogP contribution in [0.1, 0.15) is 23.7 Å². The van der Waals surface area contributed by atoms with Crippen molar-refractivity contribution in [1.29, 1.82) is 5.26 Å². The zero-order chi connectivity index (χ0) is 14.4. The van der Waals surface area contributed by atoms with Crippen molar-refractivity contribution >= 4 is 29.6 Å². The van der Waals surface area contributed by atoms with Crippen molar-refractivity contribution in [3.63, 3.8) is 0 Å². The molecule has 1 aromatic rings. The van der Waals surface area contributed by atoms with Crippen LogP contribution >= 0.6 is 10.7 Å². The van der Waals surface area contributed by atoms with Crippen LogP contribution in [0.15, 0.2) is 5.03 Å². The molecule has 1 atom stereocenters. The normalized spacial score (nSPS) is 22.3. The lowest BCUT2D eigenvalue weighted by Gasteiger charge is -2.11. The highest BCUT2D eigenvalue weighted by molar-refractivity contribution is 8.13. The predicted molar refractivity (Wildman–Crippen MR) is 67.0 cm³/mol. The first kappa shape index (κ1) is 14.3. The molecule has 104 valence electrons. The second kappa shape index (κ2) is 4.47. The Morgan fingerprint density at radius 1 is 1.53 bits per heavy atom. The quantitative estimate of drug-likeness (QED) is 0.726. The Hall–Kier alpha value is -1.11. The molecule has 1 fully saturated rings. The molecule has 1 aliphatic rings. The van der Waals surface area contributed by atoms with Crippen molar-refractivity contribution < 1.29 is 16.8 Å². The van der Waals surface area contributed by atoms with E-state index in [2.05, 4.69) is 5.10 Å². The highest BCUT2D eigenvalue weighted by Gasteiger charge is 2.35. The summed E-state index contributed by atoms with van der Waals surface area (Å²) in [7, 11) is -2.05. The third-order valence-electron chi connectivity index (χ3n) is 2.94. The molecular formula is C9H10ClN3O4S2. The molecule has 0 spiro atoms. The Bertz CT molecular complexity index is 773. The molecule has 0 aromatic carbocycles. The van der Waals surface area contributed by atoms with Crippen LogP contribution in [0, 0.1) is 18.3 Å². The minimum atomic E-state index is -4.17. The van der Waals surface area contributed by atoms with Crippen LogP contribution in [0.5, 0.6) is 0 Å². The van der Waals surface area contributed by atoms with E-state index in [4.69, 9.17) is 15.9 Å². The second-order valence-electron chi connectivity index (χ2n) is 4.32. The summed E-state index contributed by atoms with van der Waals surface area (Å²) in [4.78, 5) is 0. The number of hydrogen-bond acceptors (Lipinski definition) is 6. The van der Waals surface area contributed by atoms with Crippen molar-refractivity contribution in [3.8, 4) is 6.07 Å². The van der Waals surface area contributed by atoms with Crippen molar-refractivity contribution in [2.75, 3.05) is 11.5 Å². The van der Waals surface area contributed by atoms with Crippen LogP contribution < -0.4 is 0 Å². The standard InChI is InChI=1S/C9H10ClN3O4S2/c1-6-8(4-11)9(19(10,16)17)13(12-6)7-2-3-18(14,15)5-7/h7H,2-3,5H2,1H3. The van der Waals surface area contributed by atoms with Gasteiger partial charge in [0.25, 0.3) is 9.05 Å². The highest BCUT2D eigenvalue weighted by atomic mass is 35.7. The fraction of sp³-hybridized carbons (Fsp3) is 0.556. The molecule has 19 heavy (non-hydrogen) atoms. The van der Waals surface area contributed by atoms with E-state index in [0.717, 1.165) is 4.68 Å². The lowest BCUT2D eigenvalue weighted by molar-refractivity contribution is 0.454. The van der Waals surface area contributed by atoms with E-state index in [-0.39, 0.29) is 29.2 Å². The number of nitrogens with zero attached hydrogens (tertiary/aromatic N) is 3. The zero-order valence-corrected chi connectivity index (χ0v) is 12.3. The van der Waals surface area contributed by atoms with E-state index in [1.54, 1.807) is 6.07 Å². The van der Waals surface area contributed by atoms with Gasteiger partial charge < -0.3 is 0 Å². The molecule has 1 aliphatic heterocycles. The molecule has 2 heterocycles. The van der Waals surface area contributed by atoms with Gasteiger partial charge in [0, 0.05) is 10.7 Å². The van der Waals surface area contributed by atoms with Gasteiger partial charge in [-0.3, -0.25) is 0 Å². The molecular weight excluding hydrogens is 314 g/mol. The van der Waals surface area contributed by atoms with Gasteiger partial charge in [0.2, 0.25) is 0 Å². The summed E-state index contributed by atoms with van der Waals surface area (Å²) in [5, 5.41) is 12.5. The molecule has 7 nitrogen and oxygen atoms in total. The average Bonchev–Trinajstić information content (AvgIpc) is 2.77. The summed E-state index contributed by atoms with van der Waals surface area (Å²) >= 11 is 0. The van der Waals surface area contributed by atoms with Gasteiger partial charge in [-0.1, -0.05) is 0 Å². The van der Waals surface area contributed by atoms with Gasteiger partial charge >= 0.3 is 0 Å². The Kier molecular flexibility index (Phi) is 3.36. The first-order valence-electron chi connectivity index (χ1n) is 5.30. The van der Waals surface area contributed by atoms with Gasteiger partial charge in [0.05, 0.1) is 23.2 Å². The maximum atomic E-state index is 11.6. The molecule has 0 saturated carbocycles. The molecule has 0 bridgehead atoms. The van der Waals surface area contributed by atoms with Gasteiger partial charge in [-0.2, -0.15) is 10.4 Å². The number of aromatic nitrogens is 2. The number of aryl methyl sites for hydroxylation is 1. The number of nitriles is 1. The third-order valence-corrected chi connectivity index (χ3v) is 5.98. The molecule has 0 N–H and O–H groups in total. The topological polar surface area (TPSA) is 110 Å². The number of hydrogen-bond donors (Lipinski definition) is 0. The summed E-state index contributed by atoms with van der Waals surface area (Å²) in [6.07, 6.45) is 0.258. The van der Waals surface area contributed by atoms with Crippen LogP contribution in [0.2, 0.25) is 0 Å². The maximum Gasteiger partial charge on any atom is 0.279 e. The molecule has 10 heteroatoms. The monoisotopic (exact) mass is 323 g/mol. The average molecular weight is 324 g/mol. The van der Waals surface area contributed by atoms with E-state index in [9.17, 15) is 16.8 Å². The molecule has 1 saturated heterocycles. The SMILES string of the molecule is Cc1nn(C2CCS(=O)(=O)C2)c(S(=O)(=O)Cl)c1C#N. The van der Waals surface area contributed by atoms with Crippen LogP contribution in [-0.2, 0) is 18.9 Å². The first-order chi connectivity index (χ1) is 8.65. The largest absolute Gasteiger partial charge is 0.279 e. The molecule has 0 amide bonds. The van der Waals surface area contributed by atoms with Gasteiger partial charge in [0.15, 0.2) is 14.9 Å². The van der Waals surface area contributed by atoms with E-state index >= 15 is 0 Å². The predicted octanol–water partition coefficient (Wildman–Crippen LogP) is 0.350. The van der Waals surface area contributed by atoms with Gasteiger partial charge in [-0.25, -0.2) is 21.5 Å².